The van der Waals surface area contributed by atoms with E-state index in [-0.39, 0.29) is 29.1 Å². The second kappa shape index (κ2) is 11.1. The zero-order chi connectivity index (χ0) is 29.8. The van der Waals surface area contributed by atoms with Gasteiger partial charge in [-0.3, -0.25) is 23.7 Å². The third kappa shape index (κ3) is 5.02. The third-order valence-corrected chi connectivity index (χ3v) is 11.1. The van der Waals surface area contributed by atoms with Crippen molar-refractivity contribution < 1.29 is 14.4 Å². The first-order valence-corrected chi connectivity index (χ1v) is 16.2. The average molecular weight is 691 g/mol. The number of aromatic nitrogens is 1. The van der Waals surface area contributed by atoms with Crippen LogP contribution < -0.4 is 15.1 Å². The van der Waals surface area contributed by atoms with Gasteiger partial charge in [0.15, 0.2) is 0 Å². The van der Waals surface area contributed by atoms with Crippen LogP contribution in [0.15, 0.2) is 105 Å². The number of imide groups is 1. The molecule has 43 heavy (non-hydrogen) atoms. The van der Waals surface area contributed by atoms with Gasteiger partial charge in [0.2, 0.25) is 17.7 Å². The predicted octanol–water partition coefficient (Wildman–Crippen LogP) is 6.91. The van der Waals surface area contributed by atoms with Gasteiger partial charge in [-0.1, -0.05) is 93.1 Å². The molecule has 11 heteroatoms. The molecule has 2 aliphatic rings. The molecule has 1 N–H and O–H groups in total. The Morgan fingerprint density at radius 2 is 1.60 bits per heavy atom. The number of anilines is 2. The number of rotatable bonds is 5. The normalized spacial score (nSPS) is 19.4. The van der Waals surface area contributed by atoms with Crippen LogP contribution in [0.4, 0.5) is 11.4 Å². The van der Waals surface area contributed by atoms with E-state index in [4.69, 9.17) is 11.6 Å². The van der Waals surface area contributed by atoms with Crippen molar-refractivity contribution in [1.82, 2.24) is 4.57 Å². The first kappa shape index (κ1) is 28.1. The van der Waals surface area contributed by atoms with Crippen LogP contribution in [0.25, 0.3) is 10.8 Å². The highest BCUT2D eigenvalue weighted by Crippen LogP contribution is 2.54. The average Bonchev–Trinajstić information content (AvgIpc) is 3.44. The molecule has 3 amide bonds. The van der Waals surface area contributed by atoms with Crippen molar-refractivity contribution in [2.75, 3.05) is 10.2 Å². The molecule has 0 spiro atoms. The zero-order valence-electron chi connectivity index (χ0n) is 22.2. The molecule has 1 fully saturated rings. The number of thioether (sulfide) groups is 1. The van der Waals surface area contributed by atoms with E-state index in [1.807, 2.05) is 66.7 Å². The minimum Gasteiger partial charge on any atom is -0.325 e. The summed E-state index contributed by atoms with van der Waals surface area (Å²) in [5.41, 5.74) is 1.88. The molecule has 7 nitrogen and oxygen atoms in total. The second-order valence-corrected chi connectivity index (χ2v) is 13.8. The van der Waals surface area contributed by atoms with Crippen LogP contribution in [0.2, 0.25) is 5.02 Å². The number of nitrogens with zero attached hydrogens (tertiary/aromatic N) is 2. The molecule has 3 heterocycles. The van der Waals surface area contributed by atoms with Crippen molar-refractivity contribution >= 4 is 90.5 Å². The van der Waals surface area contributed by atoms with Gasteiger partial charge in [-0.25, -0.2) is 4.90 Å². The van der Waals surface area contributed by atoms with E-state index in [0.717, 1.165) is 32.1 Å². The number of carbonyl (C=O) groups excluding carboxylic acids is 3. The van der Waals surface area contributed by atoms with E-state index in [2.05, 4.69) is 21.2 Å². The van der Waals surface area contributed by atoms with Gasteiger partial charge in [0.25, 0.3) is 0 Å². The van der Waals surface area contributed by atoms with Crippen molar-refractivity contribution in [3.05, 3.63) is 121 Å². The first-order valence-electron chi connectivity index (χ1n) is 13.4. The summed E-state index contributed by atoms with van der Waals surface area (Å²) in [6.07, 6.45) is 0. The monoisotopic (exact) mass is 689 g/mol. The summed E-state index contributed by atoms with van der Waals surface area (Å²) in [6, 6.07) is 27.6. The Labute approximate surface area is 267 Å². The van der Waals surface area contributed by atoms with Crippen molar-refractivity contribution in [2.24, 2.45) is 5.92 Å². The van der Waals surface area contributed by atoms with Crippen molar-refractivity contribution in [1.29, 1.82) is 0 Å². The molecule has 0 saturated carbocycles. The number of thiazole rings is 1. The Hall–Kier alpha value is -3.70. The van der Waals surface area contributed by atoms with E-state index in [1.165, 1.54) is 21.2 Å². The van der Waals surface area contributed by atoms with Gasteiger partial charge >= 0.3 is 4.87 Å². The number of amides is 3. The Kier molecular flexibility index (Phi) is 7.25. The van der Waals surface area contributed by atoms with Gasteiger partial charge in [-0.15, -0.1) is 0 Å². The number of hydrogen-bond donors (Lipinski definition) is 1. The molecule has 7 rings (SSSR count). The van der Waals surface area contributed by atoms with Crippen LogP contribution in [0.5, 0.6) is 0 Å². The molecule has 0 radical (unpaired) electrons. The molecular weight excluding hydrogens is 670 g/mol. The van der Waals surface area contributed by atoms with Gasteiger partial charge < -0.3 is 5.32 Å². The number of nitrogens with one attached hydrogen (secondary N) is 1. The lowest BCUT2D eigenvalue weighted by molar-refractivity contribution is -0.122. The van der Waals surface area contributed by atoms with Crippen molar-refractivity contribution in [3.8, 4) is 0 Å². The van der Waals surface area contributed by atoms with Crippen molar-refractivity contribution in [2.45, 2.75) is 22.7 Å². The van der Waals surface area contributed by atoms with Crippen LogP contribution in [-0.2, 0) is 20.9 Å². The molecule has 2 aliphatic heterocycles. The maximum Gasteiger partial charge on any atom is 0.308 e. The predicted molar refractivity (Wildman–Crippen MR) is 174 cm³/mol. The summed E-state index contributed by atoms with van der Waals surface area (Å²) in [5.74, 6) is -2.31. The summed E-state index contributed by atoms with van der Waals surface area (Å²) in [4.78, 5) is 56.0. The molecule has 5 aromatic rings. The fourth-order valence-corrected chi connectivity index (χ4v) is 8.90. The van der Waals surface area contributed by atoms with Gasteiger partial charge in [-0.05, 0) is 64.9 Å². The molecule has 4 aromatic carbocycles. The van der Waals surface area contributed by atoms with E-state index in [9.17, 15) is 19.2 Å². The summed E-state index contributed by atoms with van der Waals surface area (Å²) in [7, 11) is 0. The van der Waals surface area contributed by atoms with Crippen LogP contribution >= 0.6 is 50.6 Å². The SMILES string of the molecule is O=C(Cn1c2c(sc1=O)[C@@H](c1ccc(Br)cc1)[C@@H]1C(=O)N(c3ccc(Cl)cc3)C(=O)[C@@H]1S2)Nc1ccc2ccccc2c1. The first-order chi connectivity index (χ1) is 20.8. The second-order valence-electron chi connectivity index (χ2n) is 10.3. The zero-order valence-corrected chi connectivity index (χ0v) is 26.2. The highest BCUT2D eigenvalue weighted by molar-refractivity contribution is 9.10. The van der Waals surface area contributed by atoms with E-state index in [1.54, 1.807) is 24.3 Å². The maximum atomic E-state index is 14.0. The van der Waals surface area contributed by atoms with Crippen molar-refractivity contribution in [3.63, 3.8) is 0 Å². The lowest BCUT2D eigenvalue weighted by atomic mass is 9.83. The Morgan fingerprint density at radius 1 is 0.884 bits per heavy atom. The lowest BCUT2D eigenvalue weighted by Crippen LogP contribution is -2.33. The van der Waals surface area contributed by atoms with Crippen LogP contribution in [0, 0.1) is 5.92 Å². The standard InChI is InChI=1S/C32H21BrClN3O4S2/c33-20-8-5-18(6-9-20)25-26-27(30(40)37(29(26)39)23-13-10-21(34)11-14-23)42-31-28(25)43-32(41)36(31)16-24(38)35-22-12-7-17-3-1-2-4-19(17)15-22/h1-15,25-27H,16H2,(H,35,38)/t25-,26-,27+/m0/s1. The fourth-order valence-electron chi connectivity index (χ4n) is 5.74. The summed E-state index contributed by atoms with van der Waals surface area (Å²) in [5, 5.41) is 5.20. The van der Waals surface area contributed by atoms with Crippen LogP contribution in [0.1, 0.15) is 16.4 Å². The summed E-state index contributed by atoms with van der Waals surface area (Å²) >= 11 is 11.7. The van der Waals surface area contributed by atoms with E-state index >= 15 is 0 Å². The van der Waals surface area contributed by atoms with E-state index < -0.39 is 17.1 Å². The molecule has 1 aromatic heterocycles. The highest BCUT2D eigenvalue weighted by Gasteiger charge is 2.56. The number of fused-ring (bicyclic) bond motifs is 3. The number of hydrogen-bond acceptors (Lipinski definition) is 6. The largest absolute Gasteiger partial charge is 0.325 e. The minimum atomic E-state index is -0.770. The number of halogens is 2. The number of carbonyl (C=O) groups is 3. The smallest absolute Gasteiger partial charge is 0.308 e. The fraction of sp³-hybridized carbons (Fsp3) is 0.125. The van der Waals surface area contributed by atoms with E-state index in [0.29, 0.717) is 26.3 Å². The summed E-state index contributed by atoms with van der Waals surface area (Å²) < 4.78 is 2.29. The molecule has 0 aliphatic carbocycles. The molecule has 0 bridgehead atoms. The lowest BCUT2D eigenvalue weighted by Gasteiger charge is -2.30. The molecule has 0 unspecified atom stereocenters. The van der Waals surface area contributed by atoms with Gasteiger partial charge in [0, 0.05) is 26.0 Å². The van der Waals surface area contributed by atoms with Crippen LogP contribution in [0.3, 0.4) is 0 Å². The molecule has 3 atom stereocenters. The topological polar surface area (TPSA) is 88.5 Å². The van der Waals surface area contributed by atoms with Gasteiger partial charge in [0.05, 0.1) is 16.6 Å². The molecule has 1 saturated heterocycles. The van der Waals surface area contributed by atoms with Gasteiger partial charge in [-0.2, -0.15) is 0 Å². The highest BCUT2D eigenvalue weighted by atomic mass is 79.9. The molecular formula is C32H21BrClN3O4S2. The minimum absolute atomic E-state index is 0.224. The maximum absolute atomic E-state index is 14.0. The Morgan fingerprint density at radius 3 is 2.35 bits per heavy atom. The molecule has 214 valence electrons. The Balaban J connectivity index is 1.26. The van der Waals surface area contributed by atoms with Crippen LogP contribution in [-0.4, -0.2) is 27.5 Å². The Bertz CT molecular complexity index is 1990. The number of benzene rings is 4. The summed E-state index contributed by atoms with van der Waals surface area (Å²) in [6.45, 7) is -0.224. The quantitative estimate of drug-likeness (QED) is 0.203. The van der Waals surface area contributed by atoms with Gasteiger partial charge in [0.1, 0.15) is 11.8 Å². The third-order valence-electron chi connectivity index (χ3n) is 7.70.